The van der Waals surface area contributed by atoms with Crippen molar-refractivity contribution in [2.75, 3.05) is 35.2 Å². The van der Waals surface area contributed by atoms with Crippen molar-refractivity contribution in [1.29, 1.82) is 0 Å². The summed E-state index contributed by atoms with van der Waals surface area (Å²) in [5, 5.41) is 0. The third kappa shape index (κ3) is 3.62. The second-order valence-electron chi connectivity index (χ2n) is 5.07. The van der Waals surface area contributed by atoms with Gasteiger partial charge in [0.2, 0.25) is 0 Å². The van der Waals surface area contributed by atoms with E-state index in [4.69, 9.17) is 5.73 Å². The maximum absolute atomic E-state index is 11.5. The van der Waals surface area contributed by atoms with Crippen molar-refractivity contribution < 1.29 is 8.42 Å². The zero-order chi connectivity index (χ0) is 13.9. The Morgan fingerprint density at radius 2 is 2.16 bits per heavy atom. The first-order valence-electron chi connectivity index (χ1n) is 6.85. The zero-order valence-electron chi connectivity index (χ0n) is 11.4. The molecule has 5 heteroatoms. The first-order chi connectivity index (χ1) is 9.02. The molecule has 1 aliphatic rings. The summed E-state index contributed by atoms with van der Waals surface area (Å²) in [7, 11) is -2.85. The van der Waals surface area contributed by atoms with Crippen molar-refractivity contribution in [3.63, 3.8) is 0 Å². The van der Waals surface area contributed by atoms with E-state index < -0.39 is 9.84 Å². The van der Waals surface area contributed by atoms with Gasteiger partial charge in [0.1, 0.15) is 9.84 Å². The van der Waals surface area contributed by atoms with Gasteiger partial charge in [0.05, 0.1) is 5.75 Å². The minimum absolute atomic E-state index is 0.236. The Bertz CT molecular complexity index is 540. The Balaban J connectivity index is 2.00. The molecule has 0 aromatic heterocycles. The zero-order valence-corrected chi connectivity index (χ0v) is 12.2. The smallest absolute Gasteiger partial charge is 0.150 e. The molecule has 0 aliphatic carbocycles. The van der Waals surface area contributed by atoms with E-state index in [-0.39, 0.29) is 11.5 Å². The van der Waals surface area contributed by atoms with E-state index in [1.54, 1.807) is 6.92 Å². The number of nitrogen functional groups attached to an aromatic ring is 1. The topological polar surface area (TPSA) is 63.4 Å². The maximum Gasteiger partial charge on any atom is 0.150 e. The average molecular weight is 282 g/mol. The largest absolute Gasteiger partial charge is 0.399 e. The molecule has 19 heavy (non-hydrogen) atoms. The number of fused-ring (bicyclic) bond motifs is 1. The van der Waals surface area contributed by atoms with E-state index in [2.05, 4.69) is 11.0 Å². The van der Waals surface area contributed by atoms with Gasteiger partial charge in [-0.1, -0.05) is 6.92 Å². The predicted molar refractivity (Wildman–Crippen MR) is 80.3 cm³/mol. The van der Waals surface area contributed by atoms with Crippen molar-refractivity contribution in [2.45, 2.75) is 26.2 Å². The van der Waals surface area contributed by atoms with Crippen LogP contribution in [-0.2, 0) is 16.3 Å². The van der Waals surface area contributed by atoms with Gasteiger partial charge in [-0.25, -0.2) is 8.42 Å². The molecule has 0 bridgehead atoms. The van der Waals surface area contributed by atoms with Crippen LogP contribution in [0.4, 0.5) is 11.4 Å². The quantitative estimate of drug-likeness (QED) is 0.837. The number of anilines is 2. The standard InChI is InChI=1S/C14H22N2O2S/c1-2-19(17,18)10-4-9-16-8-3-5-12-11-13(15)6-7-14(12)16/h6-7,11H,2-5,8-10,15H2,1H3. The molecule has 0 fully saturated rings. The molecule has 1 aromatic rings. The second-order valence-corrected chi connectivity index (χ2v) is 7.54. The van der Waals surface area contributed by atoms with Crippen LogP contribution in [0.25, 0.3) is 0 Å². The van der Waals surface area contributed by atoms with Crippen molar-refractivity contribution in [1.82, 2.24) is 0 Å². The SMILES string of the molecule is CCS(=O)(=O)CCCN1CCCc2cc(N)ccc21. The molecular formula is C14H22N2O2S. The Kier molecular flexibility index (Phi) is 4.34. The van der Waals surface area contributed by atoms with Gasteiger partial charge in [-0.15, -0.1) is 0 Å². The number of benzene rings is 1. The van der Waals surface area contributed by atoms with Gasteiger partial charge in [0.15, 0.2) is 0 Å². The third-order valence-electron chi connectivity index (χ3n) is 3.64. The van der Waals surface area contributed by atoms with Gasteiger partial charge in [-0.3, -0.25) is 0 Å². The molecule has 1 aliphatic heterocycles. The van der Waals surface area contributed by atoms with Gasteiger partial charge in [0, 0.05) is 30.2 Å². The highest BCUT2D eigenvalue weighted by atomic mass is 32.2. The van der Waals surface area contributed by atoms with Crippen LogP contribution >= 0.6 is 0 Å². The molecule has 1 aromatic carbocycles. The van der Waals surface area contributed by atoms with E-state index in [0.29, 0.717) is 6.42 Å². The Morgan fingerprint density at radius 1 is 1.37 bits per heavy atom. The number of sulfone groups is 1. The van der Waals surface area contributed by atoms with Gasteiger partial charge < -0.3 is 10.6 Å². The molecule has 4 nitrogen and oxygen atoms in total. The van der Waals surface area contributed by atoms with Crippen molar-refractivity contribution in [3.8, 4) is 0 Å². The van der Waals surface area contributed by atoms with Gasteiger partial charge >= 0.3 is 0 Å². The molecule has 2 rings (SSSR count). The summed E-state index contributed by atoms with van der Waals surface area (Å²) in [5.41, 5.74) is 9.10. The second kappa shape index (κ2) is 5.82. The van der Waals surface area contributed by atoms with E-state index in [1.165, 1.54) is 11.3 Å². The molecule has 0 saturated carbocycles. The summed E-state index contributed by atoms with van der Waals surface area (Å²) >= 11 is 0. The predicted octanol–water partition coefficient (Wildman–Crippen LogP) is 1.85. The molecular weight excluding hydrogens is 260 g/mol. The highest BCUT2D eigenvalue weighted by Crippen LogP contribution is 2.28. The lowest BCUT2D eigenvalue weighted by atomic mass is 10.0. The Labute approximate surface area is 115 Å². The molecule has 2 N–H and O–H groups in total. The van der Waals surface area contributed by atoms with Gasteiger partial charge in [-0.05, 0) is 43.0 Å². The van der Waals surface area contributed by atoms with Crippen molar-refractivity contribution in [3.05, 3.63) is 23.8 Å². The van der Waals surface area contributed by atoms with Crippen LogP contribution in [0.15, 0.2) is 18.2 Å². The summed E-state index contributed by atoms with van der Waals surface area (Å²) in [4.78, 5) is 2.28. The number of nitrogens with two attached hydrogens (primary N) is 1. The highest BCUT2D eigenvalue weighted by Gasteiger charge is 2.17. The first-order valence-corrected chi connectivity index (χ1v) is 8.68. The monoisotopic (exact) mass is 282 g/mol. The molecule has 0 saturated heterocycles. The van der Waals surface area contributed by atoms with Crippen LogP contribution in [0, 0.1) is 0 Å². The molecule has 0 spiro atoms. The van der Waals surface area contributed by atoms with Crippen molar-refractivity contribution >= 4 is 21.2 Å². The number of hydrogen-bond acceptors (Lipinski definition) is 4. The Morgan fingerprint density at radius 3 is 2.89 bits per heavy atom. The van der Waals surface area contributed by atoms with Crippen LogP contribution < -0.4 is 10.6 Å². The van der Waals surface area contributed by atoms with E-state index in [0.717, 1.165) is 31.6 Å². The normalized spacial score (nSPS) is 15.3. The third-order valence-corrected chi connectivity index (χ3v) is 5.43. The molecule has 1 heterocycles. The lowest BCUT2D eigenvalue weighted by Crippen LogP contribution is -2.31. The van der Waals surface area contributed by atoms with E-state index >= 15 is 0 Å². The van der Waals surface area contributed by atoms with Crippen LogP contribution in [0.2, 0.25) is 0 Å². The van der Waals surface area contributed by atoms with E-state index in [1.807, 2.05) is 12.1 Å². The van der Waals surface area contributed by atoms with Crippen LogP contribution in [0.5, 0.6) is 0 Å². The Hall–Kier alpha value is -1.23. The summed E-state index contributed by atoms with van der Waals surface area (Å²) < 4.78 is 23.0. The molecule has 0 amide bonds. The van der Waals surface area contributed by atoms with Gasteiger partial charge in [-0.2, -0.15) is 0 Å². The number of nitrogens with zero attached hydrogens (tertiary/aromatic N) is 1. The fraction of sp³-hybridized carbons (Fsp3) is 0.571. The summed E-state index contributed by atoms with van der Waals surface area (Å²) in [6.45, 7) is 3.51. The highest BCUT2D eigenvalue weighted by molar-refractivity contribution is 7.91. The number of aryl methyl sites for hydroxylation is 1. The van der Waals surface area contributed by atoms with Gasteiger partial charge in [0.25, 0.3) is 0 Å². The molecule has 106 valence electrons. The summed E-state index contributed by atoms with van der Waals surface area (Å²) in [6, 6.07) is 6.00. The molecule has 0 atom stereocenters. The molecule has 0 radical (unpaired) electrons. The first kappa shape index (κ1) is 14.2. The van der Waals surface area contributed by atoms with Crippen LogP contribution in [0.3, 0.4) is 0 Å². The fourth-order valence-electron chi connectivity index (χ4n) is 2.55. The average Bonchev–Trinajstić information content (AvgIpc) is 2.38. The lowest BCUT2D eigenvalue weighted by molar-refractivity contribution is 0.592. The minimum Gasteiger partial charge on any atom is -0.399 e. The van der Waals surface area contributed by atoms with E-state index in [9.17, 15) is 8.42 Å². The van der Waals surface area contributed by atoms with Crippen LogP contribution in [0.1, 0.15) is 25.3 Å². The number of hydrogen-bond donors (Lipinski definition) is 1. The lowest BCUT2D eigenvalue weighted by Gasteiger charge is -2.31. The summed E-state index contributed by atoms with van der Waals surface area (Å²) in [5.74, 6) is 0.518. The fourth-order valence-corrected chi connectivity index (χ4v) is 3.40. The molecule has 0 unspecified atom stereocenters. The summed E-state index contributed by atoms with van der Waals surface area (Å²) in [6.07, 6.45) is 2.86. The maximum atomic E-state index is 11.5. The minimum atomic E-state index is -2.85. The van der Waals surface area contributed by atoms with Crippen LogP contribution in [-0.4, -0.2) is 33.0 Å². The number of rotatable bonds is 5. The van der Waals surface area contributed by atoms with Crippen molar-refractivity contribution in [2.24, 2.45) is 0 Å².